The molecule has 1 rings (SSSR count). The van der Waals surface area contributed by atoms with Gasteiger partial charge in [0.25, 0.3) is 5.69 Å². The Morgan fingerprint density at radius 3 is 2.41 bits per heavy atom. The molecule has 0 saturated carbocycles. The standard InChI is InChI=1S/C12H17N2O2Si/c1-4-13(9-10-17(2)3)11-5-7-12(8-6-11)14(15)16/h4-8H,1,9-10H2,2-3H3. The zero-order valence-corrected chi connectivity index (χ0v) is 11.2. The first kappa shape index (κ1) is 13.4. The first-order chi connectivity index (χ1) is 8.04. The number of hydrogen-bond donors (Lipinski definition) is 0. The number of nitrogens with zero attached hydrogens (tertiary/aromatic N) is 2. The largest absolute Gasteiger partial charge is 0.349 e. The fourth-order valence-electron chi connectivity index (χ4n) is 1.44. The molecular formula is C12H17N2O2Si. The summed E-state index contributed by atoms with van der Waals surface area (Å²) >= 11 is 0. The normalized spacial score (nSPS) is 10.3. The van der Waals surface area contributed by atoms with Gasteiger partial charge in [-0.05, 0) is 24.4 Å². The third-order valence-electron chi connectivity index (χ3n) is 2.47. The molecule has 0 spiro atoms. The maximum Gasteiger partial charge on any atom is 0.269 e. The van der Waals surface area contributed by atoms with Gasteiger partial charge in [-0.25, -0.2) is 0 Å². The lowest BCUT2D eigenvalue weighted by molar-refractivity contribution is -0.384. The molecule has 0 aliphatic rings. The minimum absolute atomic E-state index is 0.119. The van der Waals surface area contributed by atoms with Crippen molar-refractivity contribution >= 4 is 20.2 Å². The predicted molar refractivity (Wildman–Crippen MR) is 72.9 cm³/mol. The first-order valence-electron chi connectivity index (χ1n) is 5.47. The summed E-state index contributed by atoms with van der Waals surface area (Å²) in [5.74, 6) is 0. The highest BCUT2D eigenvalue weighted by Crippen LogP contribution is 2.20. The van der Waals surface area contributed by atoms with Gasteiger partial charge in [0.05, 0.1) is 4.92 Å². The Morgan fingerprint density at radius 1 is 1.41 bits per heavy atom. The molecular weight excluding hydrogens is 232 g/mol. The van der Waals surface area contributed by atoms with Gasteiger partial charge in [-0.3, -0.25) is 10.1 Å². The van der Waals surface area contributed by atoms with Crippen LogP contribution in [0.1, 0.15) is 0 Å². The molecule has 0 heterocycles. The molecule has 0 aromatic heterocycles. The summed E-state index contributed by atoms with van der Waals surface area (Å²) in [5.41, 5.74) is 1.07. The molecule has 4 nitrogen and oxygen atoms in total. The number of nitro benzene ring substituents is 1. The van der Waals surface area contributed by atoms with E-state index in [1.807, 2.05) is 4.90 Å². The van der Waals surface area contributed by atoms with Gasteiger partial charge >= 0.3 is 0 Å². The summed E-state index contributed by atoms with van der Waals surface area (Å²) in [4.78, 5) is 12.2. The second-order valence-corrected chi connectivity index (χ2v) is 7.02. The highest BCUT2D eigenvalue weighted by molar-refractivity contribution is 6.55. The van der Waals surface area contributed by atoms with E-state index in [-0.39, 0.29) is 19.4 Å². The van der Waals surface area contributed by atoms with E-state index in [9.17, 15) is 10.1 Å². The van der Waals surface area contributed by atoms with Gasteiger partial charge in [-0.15, -0.1) is 0 Å². The summed E-state index contributed by atoms with van der Waals surface area (Å²) in [7, 11) is -0.266. The first-order valence-corrected chi connectivity index (χ1v) is 8.18. The maximum absolute atomic E-state index is 10.5. The lowest BCUT2D eigenvalue weighted by atomic mass is 10.2. The highest BCUT2D eigenvalue weighted by atomic mass is 28.3. The molecule has 0 fully saturated rings. The van der Waals surface area contributed by atoms with Crippen LogP contribution in [0, 0.1) is 10.1 Å². The molecule has 0 unspecified atom stereocenters. The van der Waals surface area contributed by atoms with Crippen LogP contribution in [0.3, 0.4) is 0 Å². The van der Waals surface area contributed by atoms with E-state index in [0.717, 1.165) is 18.3 Å². The quantitative estimate of drug-likeness (QED) is 0.441. The molecule has 17 heavy (non-hydrogen) atoms. The predicted octanol–water partition coefficient (Wildman–Crippen LogP) is 3.30. The zero-order valence-electron chi connectivity index (χ0n) is 10.2. The average molecular weight is 249 g/mol. The number of rotatable bonds is 6. The second-order valence-electron chi connectivity index (χ2n) is 4.11. The van der Waals surface area contributed by atoms with E-state index in [4.69, 9.17) is 0 Å². The smallest absolute Gasteiger partial charge is 0.269 e. The summed E-state index contributed by atoms with van der Waals surface area (Å²) in [5, 5.41) is 10.5. The van der Waals surface area contributed by atoms with Gasteiger partial charge in [-0.2, -0.15) is 0 Å². The van der Waals surface area contributed by atoms with E-state index in [2.05, 4.69) is 19.7 Å². The molecule has 0 bridgehead atoms. The zero-order chi connectivity index (χ0) is 12.8. The number of hydrogen-bond acceptors (Lipinski definition) is 3. The molecule has 5 heteroatoms. The number of nitro groups is 1. The van der Waals surface area contributed by atoms with E-state index in [1.54, 1.807) is 18.3 Å². The molecule has 1 radical (unpaired) electrons. The van der Waals surface area contributed by atoms with Gasteiger partial charge in [-0.1, -0.05) is 19.7 Å². The molecule has 0 amide bonds. The van der Waals surface area contributed by atoms with Crippen molar-refractivity contribution in [3.63, 3.8) is 0 Å². The Balaban J connectivity index is 2.75. The Morgan fingerprint density at radius 2 is 2.00 bits per heavy atom. The molecule has 0 aliphatic heterocycles. The topological polar surface area (TPSA) is 46.4 Å². The molecule has 0 aliphatic carbocycles. The van der Waals surface area contributed by atoms with Gasteiger partial charge < -0.3 is 4.90 Å². The van der Waals surface area contributed by atoms with E-state index >= 15 is 0 Å². The summed E-state index contributed by atoms with van der Waals surface area (Å²) in [6.45, 7) is 9.23. The highest BCUT2D eigenvalue weighted by Gasteiger charge is 2.08. The van der Waals surface area contributed by atoms with Crippen molar-refractivity contribution in [2.75, 3.05) is 11.4 Å². The van der Waals surface area contributed by atoms with Gasteiger partial charge in [0.2, 0.25) is 0 Å². The van der Waals surface area contributed by atoms with Crippen molar-refractivity contribution in [3.05, 3.63) is 47.2 Å². The summed E-state index contributed by atoms with van der Waals surface area (Å²) in [6.07, 6.45) is 1.77. The Bertz CT molecular complexity index is 390. The SMILES string of the molecule is C=CN(CC[Si](C)C)c1ccc([N+](=O)[O-])cc1. The maximum atomic E-state index is 10.5. The van der Waals surface area contributed by atoms with Crippen molar-refractivity contribution in [1.29, 1.82) is 0 Å². The minimum atomic E-state index is -0.388. The van der Waals surface area contributed by atoms with Crippen LogP contribution in [0.15, 0.2) is 37.0 Å². The fraction of sp³-hybridized carbons (Fsp3) is 0.333. The lowest BCUT2D eigenvalue weighted by Crippen LogP contribution is -2.20. The lowest BCUT2D eigenvalue weighted by Gasteiger charge is -2.20. The Kier molecular flexibility index (Phi) is 4.90. The van der Waals surface area contributed by atoms with E-state index in [1.165, 1.54) is 12.1 Å². The van der Waals surface area contributed by atoms with Crippen LogP contribution in [0.5, 0.6) is 0 Å². The fourth-order valence-corrected chi connectivity index (χ4v) is 2.12. The van der Waals surface area contributed by atoms with Crippen LogP contribution >= 0.6 is 0 Å². The molecule has 1 aromatic rings. The summed E-state index contributed by atoms with van der Waals surface area (Å²) in [6, 6.07) is 7.73. The minimum Gasteiger partial charge on any atom is -0.349 e. The van der Waals surface area contributed by atoms with Crippen LogP contribution in [-0.4, -0.2) is 20.3 Å². The van der Waals surface area contributed by atoms with Crippen molar-refractivity contribution in [2.24, 2.45) is 0 Å². The molecule has 91 valence electrons. The van der Waals surface area contributed by atoms with Gasteiger partial charge in [0.15, 0.2) is 0 Å². The van der Waals surface area contributed by atoms with Crippen LogP contribution in [0.25, 0.3) is 0 Å². The number of benzene rings is 1. The van der Waals surface area contributed by atoms with Crippen molar-refractivity contribution in [3.8, 4) is 0 Å². The average Bonchev–Trinajstić information content (AvgIpc) is 2.30. The van der Waals surface area contributed by atoms with Crippen molar-refractivity contribution in [1.82, 2.24) is 0 Å². The summed E-state index contributed by atoms with van der Waals surface area (Å²) < 4.78 is 0. The number of non-ortho nitro benzene ring substituents is 1. The van der Waals surface area contributed by atoms with Crippen molar-refractivity contribution < 1.29 is 4.92 Å². The van der Waals surface area contributed by atoms with Crippen LogP contribution in [0.4, 0.5) is 11.4 Å². The second kappa shape index (κ2) is 6.20. The van der Waals surface area contributed by atoms with E-state index in [0.29, 0.717) is 0 Å². The van der Waals surface area contributed by atoms with Crippen LogP contribution in [-0.2, 0) is 0 Å². The molecule has 0 atom stereocenters. The molecule has 0 N–H and O–H groups in total. The van der Waals surface area contributed by atoms with Gasteiger partial charge in [0.1, 0.15) is 0 Å². The Labute approximate surface area is 103 Å². The molecule has 0 saturated heterocycles. The van der Waals surface area contributed by atoms with E-state index < -0.39 is 0 Å². The van der Waals surface area contributed by atoms with Gasteiger partial charge in [0, 0.05) is 33.2 Å². The van der Waals surface area contributed by atoms with Crippen LogP contribution in [0.2, 0.25) is 19.1 Å². The third-order valence-corrected chi connectivity index (χ3v) is 3.69. The third kappa shape index (κ3) is 4.03. The van der Waals surface area contributed by atoms with Crippen LogP contribution < -0.4 is 4.90 Å². The number of anilines is 1. The monoisotopic (exact) mass is 249 g/mol. The molecule has 1 aromatic carbocycles. The Hall–Kier alpha value is -1.62. The van der Waals surface area contributed by atoms with Crippen molar-refractivity contribution in [2.45, 2.75) is 19.1 Å².